The molecule has 0 unspecified atom stereocenters. The summed E-state index contributed by atoms with van der Waals surface area (Å²) in [5.74, 6) is 0.134. The van der Waals surface area contributed by atoms with Crippen molar-refractivity contribution in [3.05, 3.63) is 0 Å². The minimum Gasteiger partial charge on any atom is -0.347 e. The van der Waals surface area contributed by atoms with Crippen LogP contribution < -0.4 is 5.32 Å². The van der Waals surface area contributed by atoms with Crippen molar-refractivity contribution in [1.82, 2.24) is 10.2 Å². The molecule has 0 atom stereocenters. The molecular formula is C8H13N2O2. The zero-order valence-corrected chi connectivity index (χ0v) is 7.01. The van der Waals surface area contributed by atoms with Crippen LogP contribution >= 0.6 is 0 Å². The Hall–Kier alpha value is -1.06. The van der Waals surface area contributed by atoms with Crippen molar-refractivity contribution in [3.63, 3.8) is 0 Å². The highest BCUT2D eigenvalue weighted by molar-refractivity contribution is 5.76. The maximum atomic E-state index is 11.3. The lowest BCUT2D eigenvalue weighted by atomic mass is 10.3. The van der Waals surface area contributed by atoms with Crippen LogP contribution in [0.2, 0.25) is 0 Å². The first-order valence-electron chi connectivity index (χ1n) is 4.22. The Kier molecular flexibility index (Phi) is 3.57. The first-order valence-corrected chi connectivity index (χ1v) is 4.22. The third kappa shape index (κ3) is 2.53. The summed E-state index contributed by atoms with van der Waals surface area (Å²) in [5.41, 5.74) is 0. The van der Waals surface area contributed by atoms with E-state index in [1.165, 1.54) is 0 Å². The third-order valence-corrected chi connectivity index (χ3v) is 1.99. The largest absolute Gasteiger partial charge is 0.347 e. The third-order valence-electron chi connectivity index (χ3n) is 1.99. The summed E-state index contributed by atoms with van der Waals surface area (Å²) < 4.78 is 0. The van der Waals surface area contributed by atoms with Gasteiger partial charge < -0.3 is 10.2 Å². The van der Waals surface area contributed by atoms with Gasteiger partial charge in [0.2, 0.25) is 5.91 Å². The molecule has 1 N–H and O–H groups in total. The lowest BCUT2D eigenvalue weighted by Crippen LogP contribution is -2.30. The standard InChI is InChI=1S/C8H13N2O2/c11-7-9-4-3-8(12)10-5-1-2-6-10/h1-6H2,(H,9,11). The lowest BCUT2D eigenvalue weighted by molar-refractivity contribution is -0.129. The second-order valence-corrected chi connectivity index (χ2v) is 2.87. The molecule has 67 valence electrons. The van der Waals surface area contributed by atoms with Crippen molar-refractivity contribution in [1.29, 1.82) is 0 Å². The van der Waals surface area contributed by atoms with Crippen LogP contribution in [-0.4, -0.2) is 36.9 Å². The summed E-state index contributed by atoms with van der Waals surface area (Å²) in [6.45, 7) is 2.16. The van der Waals surface area contributed by atoms with E-state index in [0.717, 1.165) is 25.9 Å². The maximum absolute atomic E-state index is 11.3. The number of carbonyl (C=O) groups is 1. The van der Waals surface area contributed by atoms with Gasteiger partial charge >= 0.3 is 6.41 Å². The molecule has 1 rings (SSSR count). The summed E-state index contributed by atoms with van der Waals surface area (Å²) in [7, 11) is 0. The van der Waals surface area contributed by atoms with Crippen LogP contribution in [0.4, 0.5) is 0 Å². The highest BCUT2D eigenvalue weighted by Gasteiger charge is 2.16. The molecule has 4 heteroatoms. The van der Waals surface area contributed by atoms with Crippen LogP contribution in [0.15, 0.2) is 0 Å². The highest BCUT2D eigenvalue weighted by Crippen LogP contribution is 2.08. The number of carbonyl (C=O) groups excluding carboxylic acids is 2. The molecule has 1 aliphatic rings. The predicted molar refractivity (Wildman–Crippen MR) is 44.1 cm³/mol. The van der Waals surface area contributed by atoms with Gasteiger partial charge in [-0.1, -0.05) is 0 Å². The van der Waals surface area contributed by atoms with Crippen molar-refractivity contribution in [2.24, 2.45) is 0 Å². The number of nitrogens with zero attached hydrogens (tertiary/aromatic N) is 1. The van der Waals surface area contributed by atoms with Gasteiger partial charge in [0.1, 0.15) is 0 Å². The molecule has 0 spiro atoms. The maximum Gasteiger partial charge on any atom is 0.309 e. The van der Waals surface area contributed by atoms with E-state index >= 15 is 0 Å². The van der Waals surface area contributed by atoms with E-state index in [-0.39, 0.29) is 5.91 Å². The Balaban J connectivity index is 2.14. The van der Waals surface area contributed by atoms with Crippen LogP contribution in [0.5, 0.6) is 0 Å². The van der Waals surface area contributed by atoms with E-state index < -0.39 is 0 Å². The second-order valence-electron chi connectivity index (χ2n) is 2.87. The smallest absolute Gasteiger partial charge is 0.309 e. The van der Waals surface area contributed by atoms with Crippen molar-refractivity contribution in [2.45, 2.75) is 19.3 Å². The topological polar surface area (TPSA) is 49.4 Å². The molecule has 0 aromatic heterocycles. The van der Waals surface area contributed by atoms with E-state index in [0.29, 0.717) is 13.0 Å². The fourth-order valence-electron chi connectivity index (χ4n) is 1.35. The van der Waals surface area contributed by atoms with Gasteiger partial charge in [0.25, 0.3) is 0 Å². The van der Waals surface area contributed by atoms with Gasteiger partial charge in [-0.25, -0.2) is 0 Å². The Morgan fingerprint density at radius 3 is 2.67 bits per heavy atom. The molecule has 0 aromatic carbocycles. The van der Waals surface area contributed by atoms with Gasteiger partial charge in [-0.15, -0.1) is 0 Å². The molecule has 1 saturated heterocycles. The molecule has 2 amide bonds. The Bertz CT molecular complexity index is 164. The number of hydrogen-bond donors (Lipinski definition) is 1. The molecule has 1 heterocycles. The van der Waals surface area contributed by atoms with Gasteiger partial charge in [-0.05, 0) is 12.8 Å². The van der Waals surface area contributed by atoms with Crippen molar-refractivity contribution < 1.29 is 9.59 Å². The molecule has 1 aliphatic heterocycles. The zero-order valence-electron chi connectivity index (χ0n) is 7.01. The summed E-state index contributed by atoms with van der Waals surface area (Å²) in [6, 6.07) is 0. The lowest BCUT2D eigenvalue weighted by Gasteiger charge is -2.14. The van der Waals surface area contributed by atoms with Crippen LogP contribution in [-0.2, 0) is 9.59 Å². The number of likely N-dealkylation sites (tertiary alicyclic amines) is 1. The van der Waals surface area contributed by atoms with Gasteiger partial charge in [0, 0.05) is 26.1 Å². The first-order chi connectivity index (χ1) is 5.84. The van der Waals surface area contributed by atoms with Crippen molar-refractivity contribution in [3.8, 4) is 0 Å². The molecule has 1 fully saturated rings. The minimum absolute atomic E-state index is 0.134. The van der Waals surface area contributed by atoms with Crippen molar-refractivity contribution in [2.75, 3.05) is 19.6 Å². The van der Waals surface area contributed by atoms with Crippen LogP contribution in [0.3, 0.4) is 0 Å². The quantitative estimate of drug-likeness (QED) is 0.462. The van der Waals surface area contributed by atoms with E-state index in [1.807, 2.05) is 4.90 Å². The molecule has 4 nitrogen and oxygen atoms in total. The van der Waals surface area contributed by atoms with Gasteiger partial charge in [-0.2, -0.15) is 0 Å². The van der Waals surface area contributed by atoms with E-state index in [1.54, 1.807) is 6.41 Å². The summed E-state index contributed by atoms with van der Waals surface area (Å²) in [5, 5.41) is 2.35. The average molecular weight is 169 g/mol. The first kappa shape index (κ1) is 9.03. The SMILES string of the molecule is O=[C]NCCC(=O)N1CCCC1. The monoisotopic (exact) mass is 169 g/mol. The molecular weight excluding hydrogens is 156 g/mol. The Morgan fingerprint density at radius 2 is 2.08 bits per heavy atom. The number of nitrogens with one attached hydrogen (secondary N) is 1. The fourth-order valence-corrected chi connectivity index (χ4v) is 1.35. The van der Waals surface area contributed by atoms with Crippen LogP contribution in [0, 0.1) is 0 Å². The van der Waals surface area contributed by atoms with Crippen molar-refractivity contribution >= 4 is 12.3 Å². The summed E-state index contributed by atoms with van der Waals surface area (Å²) in [4.78, 5) is 22.9. The minimum atomic E-state index is 0.134. The number of amides is 2. The Morgan fingerprint density at radius 1 is 1.42 bits per heavy atom. The van der Waals surface area contributed by atoms with E-state index in [4.69, 9.17) is 0 Å². The summed E-state index contributed by atoms with van der Waals surface area (Å²) >= 11 is 0. The molecule has 0 bridgehead atoms. The molecule has 0 aromatic rings. The normalized spacial score (nSPS) is 16.2. The Labute approximate surface area is 71.9 Å². The molecule has 0 aliphatic carbocycles. The second kappa shape index (κ2) is 4.74. The van der Waals surface area contributed by atoms with Gasteiger partial charge in [0.05, 0.1) is 0 Å². The molecule has 12 heavy (non-hydrogen) atoms. The van der Waals surface area contributed by atoms with Crippen LogP contribution in [0.25, 0.3) is 0 Å². The molecule has 1 radical (unpaired) electrons. The number of rotatable bonds is 4. The highest BCUT2D eigenvalue weighted by atomic mass is 16.2. The number of hydrogen-bond acceptors (Lipinski definition) is 2. The fraction of sp³-hybridized carbons (Fsp3) is 0.750. The summed E-state index contributed by atoms with van der Waals surface area (Å²) in [6.07, 6.45) is 4.16. The van der Waals surface area contributed by atoms with Gasteiger partial charge in [-0.3, -0.25) is 9.59 Å². The average Bonchev–Trinajstić information content (AvgIpc) is 2.56. The van der Waals surface area contributed by atoms with E-state index in [2.05, 4.69) is 5.32 Å². The molecule has 0 saturated carbocycles. The van der Waals surface area contributed by atoms with Gasteiger partial charge in [0.15, 0.2) is 0 Å². The predicted octanol–water partition coefficient (Wildman–Crippen LogP) is -0.344. The van der Waals surface area contributed by atoms with E-state index in [9.17, 15) is 9.59 Å². The zero-order chi connectivity index (χ0) is 8.81. The van der Waals surface area contributed by atoms with Crippen LogP contribution in [0.1, 0.15) is 19.3 Å².